The van der Waals surface area contributed by atoms with Gasteiger partial charge in [0.05, 0.1) is 6.42 Å². The number of carbonyl (C=O) groups is 1. The van der Waals surface area contributed by atoms with Crippen molar-refractivity contribution in [1.29, 1.82) is 0 Å². The van der Waals surface area contributed by atoms with Gasteiger partial charge in [0.1, 0.15) is 0 Å². The first kappa shape index (κ1) is 22.1. The summed E-state index contributed by atoms with van der Waals surface area (Å²) in [4.78, 5) is 24.6. The largest absolute Gasteiger partial charge is 0.355 e. The molecule has 5 nitrogen and oxygen atoms in total. The van der Waals surface area contributed by atoms with E-state index in [1.165, 1.54) is 11.1 Å². The molecule has 1 atom stereocenters. The topological polar surface area (TPSA) is 50.8 Å². The van der Waals surface area contributed by atoms with E-state index in [-0.39, 0.29) is 12.4 Å². The zero-order valence-corrected chi connectivity index (χ0v) is 18.3. The van der Waals surface area contributed by atoms with Crippen molar-refractivity contribution >= 4 is 5.97 Å². The molecule has 1 aliphatic rings. The third-order valence-corrected chi connectivity index (χ3v) is 5.69. The fraction of sp³-hybridized carbons (Fsp3) is 0.296. The molecule has 1 N–H and O–H groups in total. The van der Waals surface area contributed by atoms with E-state index in [2.05, 4.69) is 40.5 Å². The van der Waals surface area contributed by atoms with E-state index in [1.54, 1.807) is 0 Å². The summed E-state index contributed by atoms with van der Waals surface area (Å²) in [6.45, 7) is 4.07. The van der Waals surface area contributed by atoms with E-state index in [9.17, 15) is 4.79 Å². The lowest BCUT2D eigenvalue weighted by molar-refractivity contribution is -0.213. The Bertz CT molecular complexity index is 961. The molecule has 3 aromatic carbocycles. The molecular formula is C27H30N2O3. The summed E-state index contributed by atoms with van der Waals surface area (Å²) in [5.74, 6) is 0.159. The van der Waals surface area contributed by atoms with Gasteiger partial charge in [0.2, 0.25) is 0 Å². The fourth-order valence-corrected chi connectivity index (χ4v) is 4.01. The van der Waals surface area contributed by atoms with E-state index < -0.39 is 0 Å². The number of benzene rings is 3. The summed E-state index contributed by atoms with van der Waals surface area (Å²) in [6, 6.07) is 28.7. The van der Waals surface area contributed by atoms with Crippen LogP contribution in [0, 0.1) is 0 Å². The van der Waals surface area contributed by atoms with Gasteiger partial charge in [-0.05, 0) is 41.7 Å². The van der Waals surface area contributed by atoms with Gasteiger partial charge in [0, 0.05) is 32.2 Å². The quantitative estimate of drug-likeness (QED) is 0.408. The van der Waals surface area contributed by atoms with Crippen LogP contribution in [0.1, 0.15) is 23.1 Å². The number of rotatable bonds is 9. The van der Waals surface area contributed by atoms with E-state index >= 15 is 0 Å². The minimum atomic E-state index is -0.372. The first-order valence-electron chi connectivity index (χ1n) is 11.2. The standard InChI is InChI=1S/C27H30N2O3/c30-27(16-13-22-7-3-1-4-8-22)32-31-26-14-11-23(12-15-26)19-25-21-29(18-17-28-25)20-24-9-5-2-6-10-24/h1-12,14-15,25,28H,13,16-21H2/t25-/m1/s1. The molecule has 32 heavy (non-hydrogen) atoms. The average Bonchev–Trinajstić information content (AvgIpc) is 2.84. The molecular weight excluding hydrogens is 400 g/mol. The van der Waals surface area contributed by atoms with Gasteiger partial charge in [-0.2, -0.15) is 0 Å². The number of nitrogens with zero attached hydrogens (tertiary/aromatic N) is 1. The second-order valence-corrected chi connectivity index (χ2v) is 8.24. The highest BCUT2D eigenvalue weighted by Gasteiger charge is 2.19. The zero-order valence-electron chi connectivity index (χ0n) is 18.3. The molecule has 3 aromatic rings. The maximum atomic E-state index is 11.9. The first-order chi connectivity index (χ1) is 15.7. The molecule has 0 radical (unpaired) electrons. The Kier molecular flexibility index (Phi) is 7.90. The molecule has 4 rings (SSSR count). The second kappa shape index (κ2) is 11.5. The lowest BCUT2D eigenvalue weighted by Gasteiger charge is -2.34. The Morgan fingerprint density at radius 1 is 0.875 bits per heavy atom. The number of carbonyl (C=O) groups excluding carboxylic acids is 1. The first-order valence-corrected chi connectivity index (χ1v) is 11.2. The summed E-state index contributed by atoms with van der Waals surface area (Å²) in [7, 11) is 0. The average molecular weight is 431 g/mol. The molecule has 5 heteroatoms. The van der Waals surface area contributed by atoms with Crippen LogP contribution < -0.4 is 10.2 Å². The van der Waals surface area contributed by atoms with Crippen molar-refractivity contribution in [3.63, 3.8) is 0 Å². The summed E-state index contributed by atoms with van der Waals surface area (Å²) >= 11 is 0. The van der Waals surface area contributed by atoms with Crippen molar-refractivity contribution in [2.24, 2.45) is 0 Å². The Hall–Kier alpha value is -3.15. The van der Waals surface area contributed by atoms with E-state index in [4.69, 9.17) is 9.78 Å². The molecule has 0 unspecified atom stereocenters. The van der Waals surface area contributed by atoms with Crippen LogP contribution >= 0.6 is 0 Å². The van der Waals surface area contributed by atoms with Crippen molar-refractivity contribution in [3.8, 4) is 5.75 Å². The number of aryl methyl sites for hydroxylation is 1. The van der Waals surface area contributed by atoms with E-state index in [1.807, 2.05) is 54.6 Å². The summed E-state index contributed by atoms with van der Waals surface area (Å²) in [5, 5.41) is 3.62. The lowest BCUT2D eigenvalue weighted by atomic mass is 10.0. The summed E-state index contributed by atoms with van der Waals surface area (Å²) in [6.07, 6.45) is 1.87. The van der Waals surface area contributed by atoms with Crippen molar-refractivity contribution in [3.05, 3.63) is 102 Å². The van der Waals surface area contributed by atoms with Gasteiger partial charge in [-0.15, -0.1) is 0 Å². The summed E-state index contributed by atoms with van der Waals surface area (Å²) in [5.41, 5.74) is 3.69. The predicted molar refractivity (Wildman–Crippen MR) is 125 cm³/mol. The molecule has 1 saturated heterocycles. The minimum Gasteiger partial charge on any atom is -0.311 e. The van der Waals surface area contributed by atoms with Crippen molar-refractivity contribution in [2.75, 3.05) is 19.6 Å². The molecule has 0 spiro atoms. The van der Waals surface area contributed by atoms with Gasteiger partial charge < -0.3 is 5.32 Å². The molecule has 1 fully saturated rings. The predicted octanol–water partition coefficient (Wildman–Crippen LogP) is 4.17. The monoisotopic (exact) mass is 430 g/mol. The van der Waals surface area contributed by atoms with Crippen LogP contribution in [-0.4, -0.2) is 36.5 Å². The Morgan fingerprint density at radius 3 is 2.28 bits per heavy atom. The van der Waals surface area contributed by atoms with Crippen molar-refractivity contribution < 1.29 is 14.6 Å². The zero-order chi connectivity index (χ0) is 22.0. The molecule has 0 amide bonds. The summed E-state index contributed by atoms with van der Waals surface area (Å²) < 4.78 is 0. The molecule has 0 bridgehead atoms. The van der Waals surface area contributed by atoms with Crippen LogP contribution in [0.25, 0.3) is 0 Å². The van der Waals surface area contributed by atoms with Gasteiger partial charge in [0.25, 0.3) is 0 Å². The number of nitrogens with one attached hydrogen (secondary N) is 1. The highest BCUT2D eigenvalue weighted by molar-refractivity contribution is 5.69. The van der Waals surface area contributed by atoms with Gasteiger partial charge in [-0.1, -0.05) is 72.8 Å². The van der Waals surface area contributed by atoms with Crippen LogP contribution in [0.3, 0.4) is 0 Å². The van der Waals surface area contributed by atoms with Crippen LogP contribution in [0.2, 0.25) is 0 Å². The van der Waals surface area contributed by atoms with Crippen LogP contribution in [0.4, 0.5) is 0 Å². The Labute approximate surface area is 189 Å². The normalized spacial score (nSPS) is 16.4. The molecule has 0 aromatic heterocycles. The van der Waals surface area contributed by atoms with Crippen LogP contribution in [0.5, 0.6) is 5.75 Å². The third kappa shape index (κ3) is 6.94. The Morgan fingerprint density at radius 2 is 1.56 bits per heavy atom. The van der Waals surface area contributed by atoms with Crippen molar-refractivity contribution in [1.82, 2.24) is 10.2 Å². The minimum absolute atomic E-state index is 0.287. The molecule has 0 saturated carbocycles. The maximum Gasteiger partial charge on any atom is 0.355 e. The molecule has 0 aliphatic carbocycles. The molecule has 166 valence electrons. The SMILES string of the molecule is O=C(CCc1ccccc1)OOc1ccc(C[C@@H]2CN(Cc3ccccc3)CCN2)cc1. The van der Waals surface area contributed by atoms with Gasteiger partial charge in [-0.25, -0.2) is 4.79 Å². The number of hydrogen-bond donors (Lipinski definition) is 1. The van der Waals surface area contributed by atoms with Crippen molar-refractivity contribution in [2.45, 2.75) is 31.8 Å². The maximum absolute atomic E-state index is 11.9. The van der Waals surface area contributed by atoms with Crippen LogP contribution in [-0.2, 0) is 29.1 Å². The highest BCUT2D eigenvalue weighted by Crippen LogP contribution is 2.16. The second-order valence-electron chi connectivity index (χ2n) is 8.24. The molecule has 1 aliphatic heterocycles. The van der Waals surface area contributed by atoms with Crippen LogP contribution in [0.15, 0.2) is 84.9 Å². The van der Waals surface area contributed by atoms with E-state index in [0.29, 0.717) is 18.2 Å². The van der Waals surface area contributed by atoms with Gasteiger partial charge in [-0.3, -0.25) is 14.7 Å². The Balaban J connectivity index is 1.20. The molecule has 1 heterocycles. The lowest BCUT2D eigenvalue weighted by Crippen LogP contribution is -2.51. The fourth-order valence-electron chi connectivity index (χ4n) is 4.01. The number of piperazine rings is 1. The van der Waals surface area contributed by atoms with Gasteiger partial charge in [0.15, 0.2) is 5.75 Å². The smallest absolute Gasteiger partial charge is 0.311 e. The van der Waals surface area contributed by atoms with Gasteiger partial charge >= 0.3 is 5.97 Å². The number of hydrogen-bond acceptors (Lipinski definition) is 5. The van der Waals surface area contributed by atoms with E-state index in [0.717, 1.165) is 38.2 Å². The third-order valence-electron chi connectivity index (χ3n) is 5.69. The highest BCUT2D eigenvalue weighted by atomic mass is 17.2.